The molecule has 1 aromatic carbocycles. The van der Waals surface area contributed by atoms with Crippen molar-refractivity contribution >= 4 is 17.5 Å². The fourth-order valence-corrected chi connectivity index (χ4v) is 2.59. The van der Waals surface area contributed by atoms with Gasteiger partial charge in [-0.2, -0.15) is 0 Å². The number of hydrogen-bond donors (Lipinski definition) is 2. The molecule has 110 valence electrons. The van der Waals surface area contributed by atoms with Crippen molar-refractivity contribution in [3.8, 4) is 0 Å². The van der Waals surface area contributed by atoms with E-state index in [1.54, 1.807) is 24.3 Å². The lowest BCUT2D eigenvalue weighted by atomic mass is 9.64. The van der Waals surface area contributed by atoms with Gasteiger partial charge >= 0.3 is 0 Å². The number of alkyl halides is 2. The summed E-state index contributed by atoms with van der Waals surface area (Å²) >= 11 is 5.92. The first kappa shape index (κ1) is 15.2. The third-order valence-corrected chi connectivity index (χ3v) is 3.99. The fourth-order valence-electron chi connectivity index (χ4n) is 2.40. The van der Waals surface area contributed by atoms with Crippen LogP contribution in [0.25, 0.3) is 0 Å². The molecule has 1 saturated carbocycles. The van der Waals surface area contributed by atoms with E-state index in [1.165, 1.54) is 0 Å². The Morgan fingerprint density at radius 3 is 2.65 bits per heavy atom. The van der Waals surface area contributed by atoms with Gasteiger partial charge in [-0.15, -0.1) is 0 Å². The molecule has 0 aromatic heterocycles. The van der Waals surface area contributed by atoms with Gasteiger partial charge in [0, 0.05) is 5.02 Å². The highest BCUT2D eigenvalue weighted by Crippen LogP contribution is 2.44. The summed E-state index contributed by atoms with van der Waals surface area (Å²) in [7, 11) is 0. The SMILES string of the molecule is O=C(NCC(F)(F)CO)C1(c2cccc(Cl)c2)CCC1. The third kappa shape index (κ3) is 2.94. The largest absolute Gasteiger partial charge is 0.390 e. The minimum atomic E-state index is -3.30. The number of rotatable bonds is 5. The van der Waals surface area contributed by atoms with E-state index in [0.29, 0.717) is 17.9 Å². The number of aliphatic hydroxyl groups excluding tert-OH is 1. The molecule has 6 heteroatoms. The molecule has 1 aliphatic carbocycles. The lowest BCUT2D eigenvalue weighted by Crippen LogP contribution is -2.52. The average Bonchev–Trinajstić information content (AvgIpc) is 2.35. The van der Waals surface area contributed by atoms with Crippen molar-refractivity contribution in [1.82, 2.24) is 5.32 Å². The van der Waals surface area contributed by atoms with Crippen LogP contribution in [0.2, 0.25) is 5.02 Å². The Hall–Kier alpha value is -1.20. The van der Waals surface area contributed by atoms with Crippen LogP contribution >= 0.6 is 11.6 Å². The van der Waals surface area contributed by atoms with Crippen molar-refractivity contribution in [2.24, 2.45) is 0 Å². The molecule has 1 amide bonds. The Morgan fingerprint density at radius 2 is 2.15 bits per heavy atom. The van der Waals surface area contributed by atoms with Gasteiger partial charge in [-0.1, -0.05) is 30.2 Å². The molecule has 1 aliphatic rings. The second-order valence-electron chi connectivity index (χ2n) is 5.14. The zero-order valence-electron chi connectivity index (χ0n) is 10.8. The van der Waals surface area contributed by atoms with E-state index >= 15 is 0 Å². The summed E-state index contributed by atoms with van der Waals surface area (Å²) in [5, 5.41) is 11.3. The zero-order chi connectivity index (χ0) is 14.8. The van der Waals surface area contributed by atoms with E-state index in [2.05, 4.69) is 5.32 Å². The minimum absolute atomic E-state index is 0.431. The molecule has 0 heterocycles. The zero-order valence-corrected chi connectivity index (χ0v) is 11.6. The lowest BCUT2D eigenvalue weighted by Gasteiger charge is -2.41. The monoisotopic (exact) mass is 303 g/mol. The molecule has 20 heavy (non-hydrogen) atoms. The molecule has 0 saturated heterocycles. The fraction of sp³-hybridized carbons (Fsp3) is 0.500. The number of amides is 1. The first-order valence-electron chi connectivity index (χ1n) is 6.43. The topological polar surface area (TPSA) is 49.3 Å². The summed E-state index contributed by atoms with van der Waals surface area (Å²) in [6, 6.07) is 6.93. The number of halogens is 3. The highest BCUT2D eigenvalue weighted by atomic mass is 35.5. The Kier molecular flexibility index (Phi) is 4.30. The maximum atomic E-state index is 13.0. The van der Waals surface area contributed by atoms with Crippen LogP contribution in [0.4, 0.5) is 8.78 Å². The minimum Gasteiger partial charge on any atom is -0.390 e. The highest BCUT2D eigenvalue weighted by Gasteiger charge is 2.46. The van der Waals surface area contributed by atoms with Crippen molar-refractivity contribution in [3.63, 3.8) is 0 Å². The first-order valence-corrected chi connectivity index (χ1v) is 6.80. The Bertz CT molecular complexity index is 504. The number of carbonyl (C=O) groups excluding carboxylic acids is 1. The normalized spacial score (nSPS) is 17.4. The maximum absolute atomic E-state index is 13.0. The first-order chi connectivity index (χ1) is 9.39. The van der Waals surface area contributed by atoms with Gasteiger partial charge in [0.2, 0.25) is 5.91 Å². The summed E-state index contributed by atoms with van der Waals surface area (Å²) in [6.07, 6.45) is 2.10. The van der Waals surface area contributed by atoms with Crippen molar-refractivity contribution in [2.75, 3.05) is 13.2 Å². The van der Waals surface area contributed by atoms with Crippen LogP contribution in [0.15, 0.2) is 24.3 Å². The quantitative estimate of drug-likeness (QED) is 0.878. The summed E-state index contributed by atoms with van der Waals surface area (Å²) < 4.78 is 26.0. The summed E-state index contributed by atoms with van der Waals surface area (Å²) in [6.45, 7) is -2.14. The number of nitrogens with one attached hydrogen (secondary N) is 1. The van der Waals surface area contributed by atoms with Crippen LogP contribution in [0, 0.1) is 0 Å². The summed E-state index contributed by atoms with van der Waals surface area (Å²) in [5.74, 6) is -3.73. The van der Waals surface area contributed by atoms with Gasteiger partial charge in [0.1, 0.15) is 6.61 Å². The highest BCUT2D eigenvalue weighted by molar-refractivity contribution is 6.30. The number of aliphatic hydroxyl groups is 1. The molecule has 1 fully saturated rings. The predicted molar refractivity (Wildman–Crippen MR) is 72.0 cm³/mol. The van der Waals surface area contributed by atoms with E-state index in [0.717, 1.165) is 12.0 Å². The van der Waals surface area contributed by atoms with Crippen LogP contribution in [0.3, 0.4) is 0 Å². The summed E-state index contributed by atoms with van der Waals surface area (Å²) in [4.78, 5) is 12.3. The Morgan fingerprint density at radius 1 is 1.45 bits per heavy atom. The molecule has 1 aromatic rings. The molecule has 2 rings (SSSR count). The van der Waals surface area contributed by atoms with Gasteiger partial charge in [0.15, 0.2) is 0 Å². The van der Waals surface area contributed by atoms with E-state index < -0.39 is 30.4 Å². The molecule has 0 bridgehead atoms. The molecular weight excluding hydrogens is 288 g/mol. The van der Waals surface area contributed by atoms with Crippen LogP contribution in [-0.4, -0.2) is 30.1 Å². The van der Waals surface area contributed by atoms with Crippen molar-refractivity contribution in [3.05, 3.63) is 34.9 Å². The third-order valence-electron chi connectivity index (χ3n) is 3.76. The average molecular weight is 304 g/mol. The standard InChI is InChI=1S/C14H16ClF2NO2/c15-11-4-1-3-10(7-11)13(5-2-6-13)12(20)18-8-14(16,17)9-19/h1,3-4,7,19H,2,5-6,8-9H2,(H,18,20). The van der Waals surface area contributed by atoms with Crippen LogP contribution < -0.4 is 5.32 Å². The van der Waals surface area contributed by atoms with Crippen LogP contribution in [0.5, 0.6) is 0 Å². The molecule has 0 aliphatic heterocycles. The van der Waals surface area contributed by atoms with Gasteiger partial charge in [-0.05, 0) is 30.5 Å². The second-order valence-corrected chi connectivity index (χ2v) is 5.58. The van der Waals surface area contributed by atoms with Gasteiger partial charge in [-0.3, -0.25) is 4.79 Å². The second kappa shape index (κ2) is 5.66. The molecule has 2 N–H and O–H groups in total. The van der Waals surface area contributed by atoms with Gasteiger partial charge in [0.05, 0.1) is 12.0 Å². The molecule has 0 radical (unpaired) electrons. The van der Waals surface area contributed by atoms with Gasteiger partial charge in [0.25, 0.3) is 5.92 Å². The van der Waals surface area contributed by atoms with Crippen molar-refractivity contribution < 1.29 is 18.7 Å². The summed E-state index contributed by atoms with van der Waals surface area (Å²) in [5.41, 5.74) is -0.0164. The van der Waals surface area contributed by atoms with Crippen molar-refractivity contribution in [1.29, 1.82) is 0 Å². The number of carbonyl (C=O) groups is 1. The molecule has 0 atom stereocenters. The molecule has 0 unspecified atom stereocenters. The lowest BCUT2D eigenvalue weighted by molar-refractivity contribution is -0.132. The van der Waals surface area contributed by atoms with Gasteiger partial charge < -0.3 is 10.4 Å². The van der Waals surface area contributed by atoms with E-state index in [1.807, 2.05) is 0 Å². The number of hydrogen-bond acceptors (Lipinski definition) is 2. The smallest absolute Gasteiger partial charge is 0.287 e. The van der Waals surface area contributed by atoms with Gasteiger partial charge in [-0.25, -0.2) is 8.78 Å². The Balaban J connectivity index is 2.13. The number of benzene rings is 1. The van der Waals surface area contributed by atoms with E-state index in [-0.39, 0.29) is 0 Å². The van der Waals surface area contributed by atoms with Crippen molar-refractivity contribution in [2.45, 2.75) is 30.6 Å². The maximum Gasteiger partial charge on any atom is 0.287 e. The predicted octanol–water partition coefficient (Wildman–Crippen LogP) is 2.51. The van der Waals surface area contributed by atoms with E-state index in [4.69, 9.17) is 16.7 Å². The van der Waals surface area contributed by atoms with E-state index in [9.17, 15) is 13.6 Å². The molecule has 3 nitrogen and oxygen atoms in total. The molecule has 0 spiro atoms. The molecular formula is C14H16ClF2NO2. The Labute approximate surface area is 120 Å². The van der Waals surface area contributed by atoms with Crippen LogP contribution in [-0.2, 0) is 10.2 Å². The van der Waals surface area contributed by atoms with Crippen LogP contribution in [0.1, 0.15) is 24.8 Å².